The van der Waals surface area contributed by atoms with Crippen LogP contribution in [0.4, 0.5) is 5.69 Å². The molecular formula is C18H26N2O3. The number of aliphatic carboxylic acids is 1. The third kappa shape index (κ3) is 5.06. The lowest BCUT2D eigenvalue weighted by atomic mass is 9.98. The van der Waals surface area contributed by atoms with Crippen LogP contribution in [0.5, 0.6) is 0 Å². The maximum atomic E-state index is 12.1. The van der Waals surface area contributed by atoms with E-state index in [1.165, 1.54) is 5.56 Å². The van der Waals surface area contributed by atoms with Gasteiger partial charge in [0.1, 0.15) is 0 Å². The van der Waals surface area contributed by atoms with Crippen LogP contribution in [-0.2, 0) is 9.59 Å². The molecular weight excluding hydrogens is 292 g/mol. The fourth-order valence-corrected chi connectivity index (χ4v) is 2.94. The van der Waals surface area contributed by atoms with E-state index in [1.807, 2.05) is 29.2 Å². The van der Waals surface area contributed by atoms with Gasteiger partial charge in [-0.05, 0) is 49.4 Å². The van der Waals surface area contributed by atoms with Gasteiger partial charge in [0.05, 0.1) is 12.5 Å². The first kappa shape index (κ1) is 17.5. The second kappa shape index (κ2) is 8.11. The quantitative estimate of drug-likeness (QED) is 0.846. The molecule has 1 amide bonds. The summed E-state index contributed by atoms with van der Waals surface area (Å²) >= 11 is 0. The summed E-state index contributed by atoms with van der Waals surface area (Å²) in [5.74, 6) is -0.699. The largest absolute Gasteiger partial charge is 0.481 e. The fourth-order valence-electron chi connectivity index (χ4n) is 2.94. The molecule has 2 unspecified atom stereocenters. The number of benzene rings is 1. The minimum atomic E-state index is -0.768. The van der Waals surface area contributed by atoms with Crippen LogP contribution in [0, 0.1) is 5.92 Å². The summed E-state index contributed by atoms with van der Waals surface area (Å²) in [6, 6.07) is 7.95. The van der Waals surface area contributed by atoms with Crippen LogP contribution in [0.3, 0.4) is 0 Å². The summed E-state index contributed by atoms with van der Waals surface area (Å²) in [6.45, 7) is 5.82. The van der Waals surface area contributed by atoms with Gasteiger partial charge in [-0.3, -0.25) is 14.5 Å². The molecule has 23 heavy (non-hydrogen) atoms. The average molecular weight is 318 g/mol. The van der Waals surface area contributed by atoms with E-state index in [2.05, 4.69) is 19.2 Å². The highest BCUT2D eigenvalue weighted by Gasteiger charge is 2.26. The van der Waals surface area contributed by atoms with Crippen molar-refractivity contribution in [3.8, 4) is 0 Å². The van der Waals surface area contributed by atoms with E-state index in [0.717, 1.165) is 25.1 Å². The van der Waals surface area contributed by atoms with Gasteiger partial charge in [-0.15, -0.1) is 0 Å². The van der Waals surface area contributed by atoms with Crippen molar-refractivity contribution in [2.75, 3.05) is 25.0 Å². The first-order chi connectivity index (χ1) is 11.0. The molecule has 0 saturated carbocycles. The summed E-state index contributed by atoms with van der Waals surface area (Å²) in [6.07, 6.45) is 2.61. The number of amides is 1. The summed E-state index contributed by atoms with van der Waals surface area (Å²) in [4.78, 5) is 25.1. The summed E-state index contributed by atoms with van der Waals surface area (Å²) in [5.41, 5.74) is 2.06. The molecule has 1 aliphatic heterocycles. The van der Waals surface area contributed by atoms with Crippen molar-refractivity contribution in [1.82, 2.24) is 4.90 Å². The van der Waals surface area contributed by atoms with E-state index in [9.17, 15) is 9.59 Å². The highest BCUT2D eigenvalue weighted by atomic mass is 16.4. The molecule has 1 aromatic carbocycles. The molecule has 1 heterocycles. The molecule has 2 atom stereocenters. The lowest BCUT2D eigenvalue weighted by Gasteiger charge is -2.29. The third-order valence-corrected chi connectivity index (χ3v) is 4.60. The minimum absolute atomic E-state index is 0.0904. The van der Waals surface area contributed by atoms with Crippen molar-refractivity contribution < 1.29 is 14.7 Å². The lowest BCUT2D eigenvalue weighted by Crippen LogP contribution is -2.42. The Hall–Kier alpha value is -1.88. The SMILES string of the molecule is CCC(C)c1ccc(NC(=O)CN2CCCC(C(=O)O)C2)cc1. The average Bonchev–Trinajstić information content (AvgIpc) is 2.55. The van der Waals surface area contributed by atoms with Crippen LogP contribution in [0.2, 0.25) is 0 Å². The molecule has 2 rings (SSSR count). The Bertz CT molecular complexity index is 542. The second-order valence-corrected chi connectivity index (χ2v) is 6.39. The van der Waals surface area contributed by atoms with Gasteiger partial charge in [0, 0.05) is 12.2 Å². The van der Waals surface area contributed by atoms with Gasteiger partial charge in [0.15, 0.2) is 0 Å². The molecule has 5 heteroatoms. The van der Waals surface area contributed by atoms with Gasteiger partial charge >= 0.3 is 5.97 Å². The van der Waals surface area contributed by atoms with Crippen molar-refractivity contribution in [2.45, 2.75) is 39.0 Å². The van der Waals surface area contributed by atoms with Crippen molar-refractivity contribution in [1.29, 1.82) is 0 Å². The summed E-state index contributed by atoms with van der Waals surface area (Å²) < 4.78 is 0. The molecule has 1 saturated heterocycles. The number of piperidine rings is 1. The Labute approximate surface area is 137 Å². The Morgan fingerprint density at radius 3 is 2.65 bits per heavy atom. The highest BCUT2D eigenvalue weighted by Crippen LogP contribution is 2.21. The predicted molar refractivity (Wildman–Crippen MR) is 90.6 cm³/mol. The number of carbonyl (C=O) groups is 2. The second-order valence-electron chi connectivity index (χ2n) is 6.39. The number of anilines is 1. The fraction of sp³-hybridized carbons (Fsp3) is 0.556. The zero-order valence-electron chi connectivity index (χ0n) is 13.9. The van der Waals surface area contributed by atoms with E-state index >= 15 is 0 Å². The van der Waals surface area contributed by atoms with Gasteiger partial charge in [-0.1, -0.05) is 26.0 Å². The molecule has 0 spiro atoms. The zero-order valence-corrected chi connectivity index (χ0v) is 13.9. The molecule has 1 aliphatic rings. The number of carbonyl (C=O) groups excluding carboxylic acids is 1. The van der Waals surface area contributed by atoms with Crippen LogP contribution in [0.25, 0.3) is 0 Å². The standard InChI is InChI=1S/C18H26N2O3/c1-3-13(2)14-6-8-16(9-7-14)19-17(21)12-20-10-4-5-15(11-20)18(22)23/h6-9,13,15H,3-5,10-12H2,1-2H3,(H,19,21)(H,22,23). The third-order valence-electron chi connectivity index (χ3n) is 4.60. The molecule has 0 radical (unpaired) electrons. The van der Waals surface area contributed by atoms with Gasteiger partial charge in [-0.25, -0.2) is 0 Å². The van der Waals surface area contributed by atoms with E-state index in [-0.39, 0.29) is 18.4 Å². The Morgan fingerprint density at radius 1 is 1.35 bits per heavy atom. The lowest BCUT2D eigenvalue weighted by molar-refractivity contribution is -0.144. The Balaban J connectivity index is 1.85. The smallest absolute Gasteiger partial charge is 0.307 e. The maximum absolute atomic E-state index is 12.1. The van der Waals surface area contributed by atoms with Crippen LogP contribution in [0.15, 0.2) is 24.3 Å². The van der Waals surface area contributed by atoms with E-state index in [4.69, 9.17) is 5.11 Å². The predicted octanol–water partition coefficient (Wildman–Crippen LogP) is 2.94. The Morgan fingerprint density at radius 2 is 2.04 bits per heavy atom. The molecule has 0 bridgehead atoms. The molecule has 1 fully saturated rings. The molecule has 1 aromatic rings. The summed E-state index contributed by atoms with van der Waals surface area (Å²) in [5, 5.41) is 12.0. The molecule has 0 aromatic heterocycles. The van der Waals surface area contributed by atoms with Crippen LogP contribution >= 0.6 is 0 Å². The number of carboxylic acid groups (broad SMARTS) is 1. The van der Waals surface area contributed by atoms with E-state index in [0.29, 0.717) is 18.9 Å². The number of hydrogen-bond donors (Lipinski definition) is 2. The number of hydrogen-bond acceptors (Lipinski definition) is 3. The molecule has 126 valence electrons. The highest BCUT2D eigenvalue weighted by molar-refractivity contribution is 5.92. The van der Waals surface area contributed by atoms with Crippen LogP contribution < -0.4 is 5.32 Å². The first-order valence-electron chi connectivity index (χ1n) is 8.34. The number of rotatable bonds is 6. The van der Waals surface area contributed by atoms with Gasteiger partial charge in [-0.2, -0.15) is 0 Å². The van der Waals surface area contributed by atoms with Crippen molar-refractivity contribution in [3.63, 3.8) is 0 Å². The van der Waals surface area contributed by atoms with Crippen molar-refractivity contribution in [3.05, 3.63) is 29.8 Å². The number of nitrogens with one attached hydrogen (secondary N) is 1. The Kier molecular flexibility index (Phi) is 6.16. The first-order valence-corrected chi connectivity index (χ1v) is 8.34. The topological polar surface area (TPSA) is 69.6 Å². The van der Waals surface area contributed by atoms with Crippen molar-refractivity contribution in [2.24, 2.45) is 5.92 Å². The van der Waals surface area contributed by atoms with Crippen molar-refractivity contribution >= 4 is 17.6 Å². The van der Waals surface area contributed by atoms with E-state index < -0.39 is 5.97 Å². The van der Waals surface area contributed by atoms with Gasteiger partial charge < -0.3 is 10.4 Å². The molecule has 2 N–H and O–H groups in total. The van der Waals surface area contributed by atoms with E-state index in [1.54, 1.807) is 0 Å². The number of carboxylic acids is 1. The molecule has 0 aliphatic carbocycles. The summed E-state index contributed by atoms with van der Waals surface area (Å²) in [7, 11) is 0. The van der Waals surface area contributed by atoms with Crippen LogP contribution in [-0.4, -0.2) is 41.5 Å². The molecule has 5 nitrogen and oxygen atoms in total. The number of nitrogens with zero attached hydrogens (tertiary/aromatic N) is 1. The zero-order chi connectivity index (χ0) is 16.8. The number of likely N-dealkylation sites (tertiary alicyclic amines) is 1. The monoisotopic (exact) mass is 318 g/mol. The van der Waals surface area contributed by atoms with Gasteiger partial charge in [0.2, 0.25) is 5.91 Å². The van der Waals surface area contributed by atoms with Crippen LogP contribution in [0.1, 0.15) is 44.6 Å². The maximum Gasteiger partial charge on any atom is 0.307 e. The minimum Gasteiger partial charge on any atom is -0.481 e. The normalized spacial score (nSPS) is 20.0. The van der Waals surface area contributed by atoms with Gasteiger partial charge in [0.25, 0.3) is 0 Å².